The number of carbonyl (C=O) groups is 2. The fourth-order valence-electron chi connectivity index (χ4n) is 3.48. The molecule has 1 heterocycles. The quantitative estimate of drug-likeness (QED) is 0.268. The van der Waals surface area contributed by atoms with Crippen LogP contribution in [0.4, 0.5) is 21.9 Å². The maximum absolute atomic E-state index is 13.2. The molecule has 0 aliphatic heterocycles. The van der Waals surface area contributed by atoms with Crippen LogP contribution in [0.15, 0.2) is 102 Å². The lowest BCUT2D eigenvalue weighted by Crippen LogP contribution is -2.28. The van der Waals surface area contributed by atoms with Crippen molar-refractivity contribution in [2.24, 2.45) is 0 Å². The van der Waals surface area contributed by atoms with Gasteiger partial charge in [-0.05, 0) is 65.2 Å². The van der Waals surface area contributed by atoms with Gasteiger partial charge in [-0.2, -0.15) is 0 Å². The third-order valence-corrected chi connectivity index (χ3v) is 6.29. The summed E-state index contributed by atoms with van der Waals surface area (Å²) in [6.07, 6.45) is 3.37. The maximum Gasteiger partial charge on any atom is 0.319 e. The van der Waals surface area contributed by atoms with Crippen LogP contribution >= 0.6 is 0 Å². The van der Waals surface area contributed by atoms with Crippen molar-refractivity contribution in [3.63, 3.8) is 0 Å². The number of pyridine rings is 1. The number of anilines is 3. The first-order chi connectivity index (χ1) is 17.5. The van der Waals surface area contributed by atoms with E-state index in [4.69, 9.17) is 0 Å². The minimum atomic E-state index is -1.55. The molecule has 3 aromatic carbocycles. The van der Waals surface area contributed by atoms with Crippen LogP contribution in [0.25, 0.3) is 11.1 Å². The zero-order valence-corrected chi connectivity index (χ0v) is 20.3. The van der Waals surface area contributed by atoms with Crippen LogP contribution in [-0.2, 0) is 22.3 Å². The van der Waals surface area contributed by atoms with Gasteiger partial charge in [0.05, 0.1) is 4.90 Å². The maximum atomic E-state index is 13.2. The monoisotopic (exact) mass is 499 g/mol. The minimum absolute atomic E-state index is 0.158. The molecule has 1 atom stereocenters. The van der Waals surface area contributed by atoms with Crippen LogP contribution in [0.1, 0.15) is 12.5 Å². The molecule has 0 aliphatic carbocycles. The fraction of sp³-hybridized carbons (Fsp3) is 0.0741. The summed E-state index contributed by atoms with van der Waals surface area (Å²) < 4.78 is 16.2. The summed E-state index contributed by atoms with van der Waals surface area (Å²) in [5.41, 5.74) is 4.43. The zero-order chi connectivity index (χ0) is 25.3. The number of aromatic nitrogens is 1. The number of carbonyl (C=O) groups excluding carboxylic acids is 2. The second kappa shape index (κ2) is 11.8. The Balaban J connectivity index is 1.40. The molecule has 4 N–H and O–H groups in total. The number of amides is 3. The Morgan fingerprint density at radius 3 is 2.36 bits per heavy atom. The second-order valence-corrected chi connectivity index (χ2v) is 9.06. The van der Waals surface area contributed by atoms with Gasteiger partial charge in [-0.1, -0.05) is 36.4 Å². The number of benzene rings is 3. The summed E-state index contributed by atoms with van der Waals surface area (Å²) >= 11 is 0. The summed E-state index contributed by atoms with van der Waals surface area (Å²) in [5, 5.41) is 8.31. The Bertz CT molecular complexity index is 1380. The largest absolute Gasteiger partial charge is 0.334 e. The van der Waals surface area contributed by atoms with E-state index in [0.29, 0.717) is 28.5 Å². The average molecular weight is 500 g/mol. The molecule has 0 saturated heterocycles. The number of hydrogen-bond acceptors (Lipinski definition) is 4. The Hall–Kier alpha value is -4.50. The van der Waals surface area contributed by atoms with Gasteiger partial charge < -0.3 is 20.7 Å². The Kier molecular flexibility index (Phi) is 8.05. The van der Waals surface area contributed by atoms with Gasteiger partial charge in [-0.3, -0.25) is 9.78 Å². The van der Waals surface area contributed by atoms with Crippen LogP contribution in [-0.4, -0.2) is 21.1 Å². The molecule has 0 aliphatic rings. The lowest BCUT2D eigenvalue weighted by Gasteiger charge is -2.13. The van der Waals surface area contributed by atoms with E-state index in [1.165, 1.54) is 6.92 Å². The Morgan fingerprint density at radius 1 is 0.833 bits per heavy atom. The normalized spacial score (nSPS) is 11.2. The third-order valence-electron chi connectivity index (χ3n) is 5.11. The zero-order valence-electron chi connectivity index (χ0n) is 19.5. The lowest BCUT2D eigenvalue weighted by atomic mass is 10.1. The average Bonchev–Trinajstić information content (AvgIpc) is 2.89. The number of rotatable bonds is 8. The first-order valence-electron chi connectivity index (χ1n) is 11.2. The van der Waals surface area contributed by atoms with E-state index < -0.39 is 11.0 Å². The molecule has 3 amide bonds. The van der Waals surface area contributed by atoms with Crippen molar-refractivity contribution in [3.05, 3.63) is 103 Å². The van der Waals surface area contributed by atoms with Crippen LogP contribution < -0.4 is 20.7 Å². The van der Waals surface area contributed by atoms with Gasteiger partial charge >= 0.3 is 6.03 Å². The molecule has 8 nitrogen and oxygen atoms in total. The molecule has 0 radical (unpaired) electrons. The highest BCUT2D eigenvalue weighted by Gasteiger charge is 2.12. The van der Waals surface area contributed by atoms with E-state index in [1.807, 2.05) is 48.5 Å². The van der Waals surface area contributed by atoms with Crippen molar-refractivity contribution in [2.75, 3.05) is 15.4 Å². The number of nitrogens with one attached hydrogen (secondary N) is 4. The summed E-state index contributed by atoms with van der Waals surface area (Å²) in [4.78, 5) is 28.2. The standard InChI is InChI=1S/C27H25N5O3S/c1-19(33)30-24-8-4-7-21(16-24)25-9-2-3-10-26(25)36(35)32-23-13-11-22(12-14-23)31-27(34)29-18-20-6-5-15-28-17-20/h2-17,32H,18H2,1H3,(H,30,33)(H2,29,31,34). The topological polar surface area (TPSA) is 112 Å². The highest BCUT2D eigenvalue weighted by molar-refractivity contribution is 7.86. The summed E-state index contributed by atoms with van der Waals surface area (Å²) in [6.45, 7) is 1.82. The van der Waals surface area contributed by atoms with Gasteiger partial charge in [0.15, 0.2) is 11.0 Å². The van der Waals surface area contributed by atoms with Crippen molar-refractivity contribution in [1.82, 2.24) is 10.3 Å². The number of nitrogens with zero attached hydrogens (tertiary/aromatic N) is 1. The minimum Gasteiger partial charge on any atom is -0.334 e. The van der Waals surface area contributed by atoms with Gasteiger partial charge in [0.2, 0.25) is 5.91 Å². The molecular formula is C27H25N5O3S. The molecule has 4 rings (SSSR count). The number of hydrogen-bond donors (Lipinski definition) is 4. The molecule has 1 aromatic heterocycles. The highest BCUT2D eigenvalue weighted by atomic mass is 32.2. The molecule has 182 valence electrons. The van der Waals surface area contributed by atoms with E-state index >= 15 is 0 Å². The van der Waals surface area contributed by atoms with Crippen molar-refractivity contribution < 1.29 is 13.8 Å². The van der Waals surface area contributed by atoms with Crippen LogP contribution in [0.5, 0.6) is 0 Å². The third kappa shape index (κ3) is 6.77. The van der Waals surface area contributed by atoms with Gasteiger partial charge in [-0.25, -0.2) is 9.00 Å². The smallest absolute Gasteiger partial charge is 0.319 e. The lowest BCUT2D eigenvalue weighted by molar-refractivity contribution is -0.114. The fourth-order valence-corrected chi connectivity index (χ4v) is 4.53. The van der Waals surface area contributed by atoms with Crippen LogP contribution in [0, 0.1) is 0 Å². The first-order valence-corrected chi connectivity index (χ1v) is 12.3. The Morgan fingerprint density at radius 2 is 1.61 bits per heavy atom. The second-order valence-electron chi connectivity index (χ2n) is 7.88. The van der Waals surface area contributed by atoms with Gasteiger partial charge in [-0.15, -0.1) is 0 Å². The van der Waals surface area contributed by atoms with Crippen molar-refractivity contribution in [2.45, 2.75) is 18.4 Å². The SMILES string of the molecule is CC(=O)Nc1cccc(-c2ccccc2S(=O)Nc2ccc(NC(=O)NCc3cccnc3)cc2)c1. The van der Waals surface area contributed by atoms with Crippen molar-refractivity contribution >= 4 is 40.0 Å². The van der Waals surface area contributed by atoms with E-state index in [1.54, 1.807) is 48.8 Å². The van der Waals surface area contributed by atoms with Gasteiger partial charge in [0.25, 0.3) is 0 Å². The highest BCUT2D eigenvalue weighted by Crippen LogP contribution is 2.29. The molecule has 1 unspecified atom stereocenters. The van der Waals surface area contributed by atoms with Gasteiger partial charge in [0.1, 0.15) is 0 Å². The molecular weight excluding hydrogens is 474 g/mol. The molecule has 0 bridgehead atoms. The summed E-state index contributed by atoms with van der Waals surface area (Å²) in [6, 6.07) is 25.1. The number of urea groups is 1. The molecule has 36 heavy (non-hydrogen) atoms. The summed E-state index contributed by atoms with van der Waals surface area (Å²) in [5.74, 6) is -0.158. The van der Waals surface area contributed by atoms with Crippen LogP contribution in [0.3, 0.4) is 0 Å². The molecule has 0 saturated carbocycles. The predicted octanol–water partition coefficient (Wildman–Crippen LogP) is 5.16. The molecule has 0 spiro atoms. The molecule has 0 fully saturated rings. The van der Waals surface area contributed by atoms with Gasteiger partial charge in [0, 0.05) is 42.9 Å². The Labute approximate surface area is 211 Å². The van der Waals surface area contributed by atoms with Crippen molar-refractivity contribution in [3.8, 4) is 11.1 Å². The van der Waals surface area contributed by atoms with E-state index in [-0.39, 0.29) is 11.9 Å². The molecule has 4 aromatic rings. The van der Waals surface area contributed by atoms with E-state index in [2.05, 4.69) is 25.7 Å². The van der Waals surface area contributed by atoms with Crippen molar-refractivity contribution in [1.29, 1.82) is 0 Å². The van der Waals surface area contributed by atoms with E-state index in [9.17, 15) is 13.8 Å². The molecule has 9 heteroatoms. The first kappa shape index (κ1) is 24.6. The van der Waals surface area contributed by atoms with Crippen LogP contribution in [0.2, 0.25) is 0 Å². The summed E-state index contributed by atoms with van der Waals surface area (Å²) in [7, 11) is -1.55. The predicted molar refractivity (Wildman–Crippen MR) is 143 cm³/mol. The van der Waals surface area contributed by atoms with E-state index in [0.717, 1.165) is 16.7 Å².